The van der Waals surface area contributed by atoms with Crippen molar-refractivity contribution >= 4 is 46.0 Å². The number of nitrogens with two attached hydrogens (primary N) is 1. The van der Waals surface area contributed by atoms with Crippen LogP contribution in [0.2, 0.25) is 5.15 Å². The van der Waals surface area contributed by atoms with Crippen molar-refractivity contribution in [1.29, 1.82) is 0 Å². The summed E-state index contributed by atoms with van der Waals surface area (Å²) < 4.78 is 5.21. The molecule has 6 heteroatoms. The molecular formula is C8H8ClIN2O2. The summed E-state index contributed by atoms with van der Waals surface area (Å²) in [5, 5.41) is 0.324. The van der Waals surface area contributed by atoms with Crippen molar-refractivity contribution in [2.45, 2.75) is 4.43 Å². The van der Waals surface area contributed by atoms with Crippen LogP contribution in [0.15, 0.2) is 6.07 Å². The van der Waals surface area contributed by atoms with E-state index < -0.39 is 5.97 Å². The van der Waals surface area contributed by atoms with Crippen molar-refractivity contribution in [1.82, 2.24) is 4.98 Å². The largest absolute Gasteiger partial charge is 0.465 e. The molecule has 0 fully saturated rings. The van der Waals surface area contributed by atoms with Crippen LogP contribution in [0.25, 0.3) is 0 Å². The zero-order valence-corrected chi connectivity index (χ0v) is 10.3. The highest BCUT2D eigenvalue weighted by Crippen LogP contribution is 2.22. The maximum atomic E-state index is 11.2. The second-order valence-corrected chi connectivity index (χ2v) is 3.62. The first-order valence-electron chi connectivity index (χ1n) is 3.69. The minimum absolute atomic E-state index is 0.0930. The van der Waals surface area contributed by atoms with Gasteiger partial charge in [-0.05, 0) is 6.07 Å². The molecule has 0 bridgehead atoms. The van der Waals surface area contributed by atoms with Crippen molar-refractivity contribution in [3.05, 3.63) is 22.3 Å². The number of aromatic nitrogens is 1. The number of ether oxygens (including phenoxy) is 1. The lowest BCUT2D eigenvalue weighted by Crippen LogP contribution is -2.08. The summed E-state index contributed by atoms with van der Waals surface area (Å²) in [6.07, 6.45) is 0. The highest BCUT2D eigenvalue weighted by molar-refractivity contribution is 14.1. The van der Waals surface area contributed by atoms with E-state index in [1.165, 1.54) is 7.11 Å². The first-order valence-corrected chi connectivity index (χ1v) is 5.59. The summed E-state index contributed by atoms with van der Waals surface area (Å²) in [6.45, 7) is 0. The van der Waals surface area contributed by atoms with Gasteiger partial charge in [0.05, 0.1) is 7.11 Å². The second-order valence-electron chi connectivity index (χ2n) is 2.50. The van der Waals surface area contributed by atoms with E-state index in [-0.39, 0.29) is 11.4 Å². The molecule has 0 aliphatic rings. The average Bonchev–Trinajstić information content (AvgIpc) is 2.17. The Kier molecular flexibility index (Phi) is 3.94. The van der Waals surface area contributed by atoms with Gasteiger partial charge in [0.2, 0.25) is 0 Å². The number of nitrogens with zero attached hydrogens (tertiary/aromatic N) is 1. The van der Waals surface area contributed by atoms with Crippen LogP contribution < -0.4 is 5.73 Å². The number of rotatable bonds is 2. The molecule has 14 heavy (non-hydrogen) atoms. The van der Waals surface area contributed by atoms with Gasteiger partial charge in [-0.1, -0.05) is 34.2 Å². The summed E-state index contributed by atoms with van der Waals surface area (Å²) in [5.41, 5.74) is 6.54. The van der Waals surface area contributed by atoms with E-state index in [4.69, 9.17) is 17.3 Å². The van der Waals surface area contributed by atoms with Crippen LogP contribution >= 0.6 is 34.2 Å². The predicted octanol–water partition coefficient (Wildman–Crippen LogP) is 2.04. The Balaban J connectivity index is 3.24. The number of alkyl halides is 1. The van der Waals surface area contributed by atoms with Gasteiger partial charge in [-0.3, -0.25) is 0 Å². The van der Waals surface area contributed by atoms with Gasteiger partial charge in [0, 0.05) is 9.99 Å². The molecule has 4 nitrogen and oxygen atoms in total. The fraction of sp³-hybridized carbons (Fsp3) is 0.250. The number of pyridine rings is 1. The Bertz CT molecular complexity index is 371. The number of hydrogen-bond donors (Lipinski definition) is 1. The Morgan fingerprint density at radius 3 is 2.93 bits per heavy atom. The van der Waals surface area contributed by atoms with Gasteiger partial charge in [-0.25, -0.2) is 9.78 Å². The molecule has 0 aliphatic carbocycles. The highest BCUT2D eigenvalue weighted by Gasteiger charge is 2.14. The lowest BCUT2D eigenvalue weighted by molar-refractivity contribution is 0.0601. The van der Waals surface area contributed by atoms with E-state index in [9.17, 15) is 4.79 Å². The first-order chi connectivity index (χ1) is 6.60. The van der Waals surface area contributed by atoms with Crippen LogP contribution in [0.3, 0.4) is 0 Å². The SMILES string of the molecule is COC(=O)c1cc(CI)c(Cl)nc1N. The molecule has 1 aromatic heterocycles. The van der Waals surface area contributed by atoms with Gasteiger partial charge in [0.1, 0.15) is 16.5 Å². The Morgan fingerprint density at radius 1 is 1.79 bits per heavy atom. The number of anilines is 1. The molecule has 0 atom stereocenters. The molecule has 1 rings (SSSR count). The minimum atomic E-state index is -0.502. The maximum Gasteiger partial charge on any atom is 0.341 e. The van der Waals surface area contributed by atoms with Crippen molar-refractivity contribution in [3.63, 3.8) is 0 Å². The van der Waals surface area contributed by atoms with E-state index in [0.29, 0.717) is 9.58 Å². The Hall–Kier alpha value is -0.560. The summed E-state index contributed by atoms with van der Waals surface area (Å²) >= 11 is 7.93. The Labute approximate surface area is 99.9 Å². The van der Waals surface area contributed by atoms with Crippen molar-refractivity contribution < 1.29 is 9.53 Å². The molecule has 0 aromatic carbocycles. The fourth-order valence-electron chi connectivity index (χ4n) is 0.913. The smallest absolute Gasteiger partial charge is 0.341 e. The molecule has 0 saturated heterocycles. The zero-order valence-electron chi connectivity index (χ0n) is 7.38. The molecule has 0 saturated carbocycles. The number of hydrogen-bond acceptors (Lipinski definition) is 4. The molecule has 0 amide bonds. The van der Waals surface area contributed by atoms with Gasteiger partial charge in [0.15, 0.2) is 0 Å². The fourth-order valence-corrected chi connectivity index (χ4v) is 1.93. The first kappa shape index (κ1) is 11.5. The topological polar surface area (TPSA) is 65.2 Å². The molecule has 2 N–H and O–H groups in total. The zero-order chi connectivity index (χ0) is 10.7. The monoisotopic (exact) mass is 326 g/mol. The van der Waals surface area contributed by atoms with Gasteiger partial charge in [0.25, 0.3) is 0 Å². The Morgan fingerprint density at radius 2 is 2.43 bits per heavy atom. The van der Waals surface area contributed by atoms with Crippen LogP contribution in [-0.4, -0.2) is 18.1 Å². The van der Waals surface area contributed by atoms with E-state index in [1.807, 2.05) is 0 Å². The molecule has 0 aliphatic heterocycles. The molecule has 0 radical (unpaired) electrons. The number of methoxy groups -OCH3 is 1. The number of nitrogen functional groups attached to an aromatic ring is 1. The van der Waals surface area contributed by atoms with Gasteiger partial charge >= 0.3 is 5.97 Å². The molecular weight excluding hydrogens is 318 g/mol. The molecule has 1 aromatic rings. The predicted molar refractivity (Wildman–Crippen MR) is 62.7 cm³/mol. The normalized spacial score (nSPS) is 9.93. The van der Waals surface area contributed by atoms with E-state index in [1.54, 1.807) is 6.07 Å². The lowest BCUT2D eigenvalue weighted by atomic mass is 10.2. The van der Waals surface area contributed by atoms with Crippen molar-refractivity contribution in [2.24, 2.45) is 0 Å². The third-order valence-corrected chi connectivity index (χ3v) is 2.78. The second kappa shape index (κ2) is 4.79. The van der Waals surface area contributed by atoms with Crippen LogP contribution in [0.1, 0.15) is 15.9 Å². The lowest BCUT2D eigenvalue weighted by Gasteiger charge is -2.06. The number of carbonyl (C=O) groups is 1. The summed E-state index contributed by atoms with van der Waals surface area (Å²) in [5.74, 6) is -0.409. The molecule has 0 spiro atoms. The van der Waals surface area contributed by atoms with Crippen LogP contribution in [0.5, 0.6) is 0 Å². The third kappa shape index (κ3) is 2.27. The van der Waals surface area contributed by atoms with Crippen LogP contribution in [0, 0.1) is 0 Å². The van der Waals surface area contributed by atoms with E-state index in [2.05, 4.69) is 32.3 Å². The molecule has 1 heterocycles. The van der Waals surface area contributed by atoms with Gasteiger partial charge < -0.3 is 10.5 Å². The maximum absolute atomic E-state index is 11.2. The van der Waals surface area contributed by atoms with Crippen LogP contribution in [0.4, 0.5) is 5.82 Å². The third-order valence-electron chi connectivity index (χ3n) is 1.63. The van der Waals surface area contributed by atoms with E-state index in [0.717, 1.165) is 5.56 Å². The highest BCUT2D eigenvalue weighted by atomic mass is 127. The van der Waals surface area contributed by atoms with Crippen molar-refractivity contribution in [3.8, 4) is 0 Å². The molecule has 76 valence electrons. The summed E-state index contributed by atoms with van der Waals surface area (Å²) in [6, 6.07) is 1.60. The average molecular weight is 327 g/mol. The number of esters is 1. The van der Waals surface area contributed by atoms with Crippen molar-refractivity contribution in [2.75, 3.05) is 12.8 Å². The standard InChI is InChI=1S/C8H8ClIN2O2/c1-14-8(13)5-2-4(3-10)6(9)12-7(5)11/h2H,3H2,1H3,(H2,11,12). The van der Waals surface area contributed by atoms with E-state index >= 15 is 0 Å². The van der Waals surface area contributed by atoms with Crippen LogP contribution in [-0.2, 0) is 9.16 Å². The van der Waals surface area contributed by atoms with Gasteiger partial charge in [-0.15, -0.1) is 0 Å². The number of carbonyl (C=O) groups excluding carboxylic acids is 1. The minimum Gasteiger partial charge on any atom is -0.465 e. The molecule has 0 unspecified atom stereocenters. The van der Waals surface area contributed by atoms with Gasteiger partial charge in [-0.2, -0.15) is 0 Å². The summed E-state index contributed by atoms with van der Waals surface area (Å²) in [4.78, 5) is 15.1. The summed E-state index contributed by atoms with van der Waals surface area (Å²) in [7, 11) is 1.29. The quantitative estimate of drug-likeness (QED) is 0.391. The number of halogens is 2.